The molecule has 15 nitrogen and oxygen atoms in total. The minimum absolute atomic E-state index is 0.0627. The third-order valence-corrected chi connectivity index (χ3v) is 6.81. The Morgan fingerprint density at radius 1 is 1.02 bits per heavy atom. The van der Waals surface area contributed by atoms with Crippen molar-refractivity contribution in [2.45, 2.75) is 37.8 Å². The first-order valence-corrected chi connectivity index (χ1v) is 13.1. The zero-order valence-corrected chi connectivity index (χ0v) is 22.4. The van der Waals surface area contributed by atoms with Crippen LogP contribution in [0.2, 0.25) is 0 Å². The minimum Gasteiger partial charge on any atom is -0.481 e. The maximum absolute atomic E-state index is 13.4. The first-order valence-electron chi connectivity index (χ1n) is 13.1. The minimum atomic E-state index is -1.62. The number of hydrazine groups is 2. The topological polar surface area (TPSA) is 203 Å². The van der Waals surface area contributed by atoms with Crippen LogP contribution in [0.15, 0.2) is 42.5 Å². The normalized spacial score (nSPS) is 17.6. The van der Waals surface area contributed by atoms with Crippen molar-refractivity contribution in [2.75, 3.05) is 26.3 Å². The number of aliphatic hydroxyl groups is 1. The molecule has 0 spiro atoms. The van der Waals surface area contributed by atoms with Crippen LogP contribution in [0.1, 0.15) is 36.0 Å². The number of ether oxygens (including phenoxy) is 1. The van der Waals surface area contributed by atoms with E-state index in [1.807, 2.05) is 0 Å². The van der Waals surface area contributed by atoms with Gasteiger partial charge in [0.15, 0.2) is 12.4 Å². The first-order chi connectivity index (χ1) is 20.1. The molecule has 2 atom stereocenters. The maximum Gasteiger partial charge on any atom is 0.358 e. The molecule has 15 heteroatoms. The molecule has 0 saturated carbocycles. The van der Waals surface area contributed by atoms with Gasteiger partial charge in [-0.3, -0.25) is 29.4 Å². The lowest BCUT2D eigenvalue weighted by molar-refractivity contribution is -0.155. The van der Waals surface area contributed by atoms with E-state index < -0.39 is 73.2 Å². The van der Waals surface area contributed by atoms with Gasteiger partial charge in [-0.15, -0.1) is 0 Å². The molecule has 4 rings (SSSR count). The average Bonchev–Trinajstić information content (AvgIpc) is 3.10. The monoisotopic (exact) mass is 583 g/mol. The number of carboxylic acid groups (broad SMARTS) is 1. The fourth-order valence-corrected chi connectivity index (χ4v) is 4.81. The van der Waals surface area contributed by atoms with E-state index in [-0.39, 0.29) is 31.5 Å². The number of urea groups is 1. The third kappa shape index (κ3) is 6.63. The average molecular weight is 584 g/mol. The highest BCUT2D eigenvalue weighted by Gasteiger charge is 2.44. The number of carbonyl (C=O) groups is 7. The summed E-state index contributed by atoms with van der Waals surface area (Å²) in [5.41, 5.74) is 2.37. The number of Topliss-reactive ketones (excluding diaryl/α,β-unsaturated/α-hetero) is 1. The predicted molar refractivity (Wildman–Crippen MR) is 142 cm³/mol. The summed E-state index contributed by atoms with van der Waals surface area (Å²) in [5.74, 6) is -5.47. The van der Waals surface area contributed by atoms with Crippen molar-refractivity contribution < 1.29 is 48.5 Å². The quantitative estimate of drug-likeness (QED) is 0.266. The number of carbonyl (C=O) groups excluding carboxylic acids is 6. The third-order valence-electron chi connectivity index (χ3n) is 6.81. The van der Waals surface area contributed by atoms with E-state index in [4.69, 9.17) is 9.84 Å². The van der Waals surface area contributed by atoms with E-state index in [1.54, 1.807) is 36.4 Å². The Kier molecular flexibility index (Phi) is 9.32. The van der Waals surface area contributed by atoms with Gasteiger partial charge < -0.3 is 20.3 Å². The SMILES string of the molecule is O=C(O)CC(NC(=O)C1CCCN2C(=O)CCN(NC(=O)CO)C(=O)N12)C(=O)COC(=O)c1cccc2ccccc12. The summed E-state index contributed by atoms with van der Waals surface area (Å²) in [7, 11) is 0. The van der Waals surface area contributed by atoms with Crippen LogP contribution in [0.5, 0.6) is 0 Å². The number of esters is 1. The van der Waals surface area contributed by atoms with Crippen molar-refractivity contribution in [1.29, 1.82) is 0 Å². The van der Waals surface area contributed by atoms with Crippen molar-refractivity contribution in [3.8, 4) is 0 Å². The molecule has 0 radical (unpaired) electrons. The van der Waals surface area contributed by atoms with Gasteiger partial charge in [0.2, 0.25) is 11.8 Å². The molecule has 222 valence electrons. The number of aliphatic hydroxyl groups excluding tert-OH is 1. The Morgan fingerprint density at radius 3 is 2.50 bits per heavy atom. The number of rotatable bonds is 10. The van der Waals surface area contributed by atoms with Crippen LogP contribution in [0.3, 0.4) is 0 Å². The predicted octanol–water partition coefficient (Wildman–Crippen LogP) is -0.418. The summed E-state index contributed by atoms with van der Waals surface area (Å²) >= 11 is 0. The zero-order valence-electron chi connectivity index (χ0n) is 22.4. The molecule has 2 fully saturated rings. The molecule has 2 unspecified atom stereocenters. The lowest BCUT2D eigenvalue weighted by Crippen LogP contribution is -2.65. The number of fused-ring (bicyclic) bond motifs is 2. The molecule has 2 aromatic carbocycles. The summed E-state index contributed by atoms with van der Waals surface area (Å²) < 4.78 is 5.17. The molecule has 2 aromatic rings. The molecule has 5 amide bonds. The second kappa shape index (κ2) is 13.1. The number of hydrogen-bond acceptors (Lipinski definition) is 9. The fourth-order valence-electron chi connectivity index (χ4n) is 4.81. The van der Waals surface area contributed by atoms with Gasteiger partial charge in [0.1, 0.15) is 18.7 Å². The summed E-state index contributed by atoms with van der Waals surface area (Å²) in [6, 6.07) is 8.13. The summed E-state index contributed by atoms with van der Waals surface area (Å²) in [5, 5.41) is 24.8. The molecule has 2 aliphatic heterocycles. The molecule has 4 N–H and O–H groups in total. The lowest BCUT2D eigenvalue weighted by Gasteiger charge is -2.43. The Bertz CT molecular complexity index is 1420. The highest BCUT2D eigenvalue weighted by molar-refractivity contribution is 6.05. The Balaban J connectivity index is 1.48. The van der Waals surface area contributed by atoms with Gasteiger partial charge in [-0.2, -0.15) is 0 Å². The van der Waals surface area contributed by atoms with Gasteiger partial charge in [0, 0.05) is 13.0 Å². The number of benzene rings is 2. The van der Waals surface area contributed by atoms with Crippen molar-refractivity contribution >= 4 is 52.2 Å². The van der Waals surface area contributed by atoms with Crippen molar-refractivity contribution in [3.05, 3.63) is 48.0 Å². The lowest BCUT2D eigenvalue weighted by atomic mass is 10.0. The second-order valence-electron chi connectivity index (χ2n) is 9.62. The molecule has 0 bridgehead atoms. The van der Waals surface area contributed by atoms with E-state index in [0.29, 0.717) is 11.8 Å². The van der Waals surface area contributed by atoms with Gasteiger partial charge in [0.05, 0.1) is 18.5 Å². The molecule has 2 aliphatic rings. The summed E-state index contributed by atoms with van der Waals surface area (Å²) in [6.45, 7) is -1.86. The summed E-state index contributed by atoms with van der Waals surface area (Å²) in [4.78, 5) is 88.3. The number of nitrogens with zero attached hydrogens (tertiary/aromatic N) is 3. The van der Waals surface area contributed by atoms with Crippen LogP contribution < -0.4 is 10.7 Å². The van der Waals surface area contributed by atoms with Gasteiger partial charge in [0.25, 0.3) is 5.91 Å². The molecule has 42 heavy (non-hydrogen) atoms. The fraction of sp³-hybridized carbons (Fsp3) is 0.370. The van der Waals surface area contributed by atoms with Gasteiger partial charge in [-0.1, -0.05) is 36.4 Å². The Labute approximate surface area is 238 Å². The number of nitrogens with one attached hydrogen (secondary N) is 2. The number of hydrogen-bond donors (Lipinski definition) is 4. The van der Waals surface area contributed by atoms with E-state index in [2.05, 4.69) is 10.7 Å². The molecular formula is C27H29N5O10. The zero-order chi connectivity index (χ0) is 30.4. The number of amides is 5. The van der Waals surface area contributed by atoms with Gasteiger partial charge in [-0.05, 0) is 29.7 Å². The van der Waals surface area contributed by atoms with Crippen molar-refractivity contribution in [3.63, 3.8) is 0 Å². The maximum atomic E-state index is 13.4. The number of ketones is 1. The van der Waals surface area contributed by atoms with Crippen LogP contribution in [0.25, 0.3) is 10.8 Å². The van der Waals surface area contributed by atoms with Crippen LogP contribution >= 0.6 is 0 Å². The first kappa shape index (κ1) is 29.9. The second-order valence-corrected chi connectivity index (χ2v) is 9.62. The summed E-state index contributed by atoms with van der Waals surface area (Å²) in [6.07, 6.45) is -0.632. The van der Waals surface area contributed by atoms with Crippen molar-refractivity contribution in [2.24, 2.45) is 0 Å². The molecule has 0 aromatic heterocycles. The highest BCUT2D eigenvalue weighted by atomic mass is 16.5. The van der Waals surface area contributed by atoms with E-state index in [9.17, 15) is 38.7 Å². The van der Waals surface area contributed by atoms with E-state index in [0.717, 1.165) is 20.4 Å². The van der Waals surface area contributed by atoms with Crippen LogP contribution in [0.4, 0.5) is 4.79 Å². The Morgan fingerprint density at radius 2 is 1.76 bits per heavy atom. The van der Waals surface area contributed by atoms with E-state index >= 15 is 0 Å². The molecule has 0 aliphatic carbocycles. The largest absolute Gasteiger partial charge is 0.481 e. The number of carboxylic acids is 1. The number of aliphatic carboxylic acids is 1. The standard InChI is InChI=1S/C27H29N5O10/c33-14-22(35)29-30-12-10-23(36)31-11-4-9-20(32(31)27(30)41)25(39)28-19(13-24(37)38)21(34)15-42-26(40)18-8-3-6-16-5-1-2-7-17(16)18/h1-3,5-8,19-20,33H,4,9-15H2,(H,28,39)(H,29,35)(H,37,38). The Hall–Kier alpha value is -5.05. The van der Waals surface area contributed by atoms with Gasteiger partial charge in [-0.25, -0.2) is 24.6 Å². The van der Waals surface area contributed by atoms with Crippen molar-refractivity contribution in [1.82, 2.24) is 25.8 Å². The van der Waals surface area contributed by atoms with E-state index in [1.165, 1.54) is 6.07 Å². The van der Waals surface area contributed by atoms with Crippen LogP contribution in [-0.4, -0.2) is 105 Å². The van der Waals surface area contributed by atoms with Gasteiger partial charge >= 0.3 is 18.0 Å². The van der Waals surface area contributed by atoms with Crippen LogP contribution in [-0.2, 0) is 28.7 Å². The smallest absolute Gasteiger partial charge is 0.358 e. The highest BCUT2D eigenvalue weighted by Crippen LogP contribution is 2.24. The molecule has 2 heterocycles. The van der Waals surface area contributed by atoms with Crippen LogP contribution in [0, 0.1) is 0 Å². The molecule has 2 saturated heterocycles. The molecular weight excluding hydrogens is 554 g/mol.